The first kappa shape index (κ1) is 39.6. The second-order valence-electron chi connectivity index (χ2n) is 17.5. The van der Waals surface area contributed by atoms with Crippen LogP contribution >= 0.6 is 11.3 Å². The number of amides is 2. The molecule has 2 amide bonds. The number of likely N-dealkylation sites (tertiary alicyclic amines) is 1. The van der Waals surface area contributed by atoms with Crippen molar-refractivity contribution in [3.05, 3.63) is 58.2 Å². The zero-order valence-electron chi connectivity index (χ0n) is 34.2. The van der Waals surface area contributed by atoms with Crippen LogP contribution in [0.25, 0.3) is 33.4 Å². The minimum Gasteiger partial charge on any atom is -0.464 e. The number of nitrogens with zero attached hydrogens (tertiary/aromatic N) is 5. The van der Waals surface area contributed by atoms with Gasteiger partial charge < -0.3 is 24.3 Å². The topological polar surface area (TPSA) is 131 Å². The van der Waals surface area contributed by atoms with Crippen LogP contribution in [0.15, 0.2) is 41.9 Å². The van der Waals surface area contributed by atoms with Crippen molar-refractivity contribution in [2.75, 3.05) is 39.9 Å². The molecule has 304 valence electrons. The van der Waals surface area contributed by atoms with Crippen LogP contribution < -0.4 is 10.7 Å². The Hall–Kier alpha value is -4.17. The smallest absolute Gasteiger partial charge is 0.324 e. The number of rotatable bonds is 8. The molecule has 3 aromatic heterocycles. The van der Waals surface area contributed by atoms with Crippen molar-refractivity contribution in [1.82, 2.24) is 35.2 Å². The van der Waals surface area contributed by atoms with Crippen molar-refractivity contribution in [3.63, 3.8) is 0 Å². The molecule has 1 aromatic carbocycles. The SMILES string of the molecule is CO[C@@H](C)c1ncccc1-c1c2c3cc(ccc3n1CCN1CCCC1)-c1csc(n1)C[C@H](NC(=O)[C@H]1[C@H](C)[C@@H]1C)C(=O)N1CCC[C@H](N1)C(=O)OCC(C)(C)C2. The Bertz CT molecular complexity index is 2130. The number of pyridine rings is 1. The van der Waals surface area contributed by atoms with E-state index in [0.29, 0.717) is 25.8 Å². The van der Waals surface area contributed by atoms with Gasteiger partial charge in [0.2, 0.25) is 5.91 Å². The van der Waals surface area contributed by atoms with E-state index in [4.69, 9.17) is 19.4 Å². The molecule has 4 aliphatic rings. The highest BCUT2D eigenvalue weighted by molar-refractivity contribution is 7.10. The van der Waals surface area contributed by atoms with E-state index in [9.17, 15) is 14.4 Å². The lowest BCUT2D eigenvalue weighted by Crippen LogP contribution is -2.60. The Labute approximate surface area is 339 Å². The van der Waals surface area contributed by atoms with Crippen LogP contribution in [0.3, 0.4) is 0 Å². The maximum absolute atomic E-state index is 14.2. The molecule has 0 radical (unpaired) electrons. The van der Waals surface area contributed by atoms with Gasteiger partial charge in [-0.1, -0.05) is 33.8 Å². The second-order valence-corrected chi connectivity index (χ2v) is 18.4. The Morgan fingerprint density at radius 2 is 1.89 bits per heavy atom. The molecule has 1 aliphatic carbocycles. The summed E-state index contributed by atoms with van der Waals surface area (Å²) in [6, 6.07) is 9.25. The molecule has 3 aliphatic heterocycles. The third kappa shape index (κ3) is 8.13. The largest absolute Gasteiger partial charge is 0.464 e. The summed E-state index contributed by atoms with van der Waals surface area (Å²) in [5.41, 5.74) is 9.85. The fraction of sp³-hybridized carbons (Fsp3) is 0.568. The van der Waals surface area contributed by atoms with Crippen LogP contribution in [0.2, 0.25) is 0 Å². The summed E-state index contributed by atoms with van der Waals surface area (Å²) in [6.07, 6.45) is 6.12. The predicted molar refractivity (Wildman–Crippen MR) is 221 cm³/mol. The maximum atomic E-state index is 14.2. The molecule has 3 fully saturated rings. The summed E-state index contributed by atoms with van der Waals surface area (Å²) in [5, 5.41) is 8.53. The predicted octanol–water partition coefficient (Wildman–Crippen LogP) is 6.18. The molecule has 4 aromatic rings. The van der Waals surface area contributed by atoms with Gasteiger partial charge in [0.25, 0.3) is 5.91 Å². The first-order chi connectivity index (χ1) is 27.4. The number of ether oxygens (including phenoxy) is 2. The summed E-state index contributed by atoms with van der Waals surface area (Å²) in [7, 11) is 1.72. The lowest BCUT2D eigenvalue weighted by Gasteiger charge is -2.35. The Kier molecular flexibility index (Phi) is 11.3. The van der Waals surface area contributed by atoms with E-state index in [-0.39, 0.29) is 54.7 Å². The molecule has 8 rings (SSSR count). The molecule has 2 saturated heterocycles. The highest BCUT2D eigenvalue weighted by Crippen LogP contribution is 2.46. The van der Waals surface area contributed by atoms with Gasteiger partial charge in [-0.2, -0.15) is 0 Å². The number of fused-ring (bicyclic) bond motifs is 6. The number of carbonyl (C=O) groups is 3. The number of esters is 1. The number of benzene rings is 1. The highest BCUT2D eigenvalue weighted by Gasteiger charge is 2.49. The van der Waals surface area contributed by atoms with Crippen molar-refractivity contribution >= 4 is 40.0 Å². The highest BCUT2D eigenvalue weighted by atomic mass is 32.1. The first-order valence-corrected chi connectivity index (χ1v) is 21.7. The molecule has 0 spiro atoms. The number of carbonyl (C=O) groups excluding carboxylic acids is 3. The zero-order chi connectivity index (χ0) is 40.0. The standard InChI is InChI=1S/C44H57N7O5S/c1-26-27(2)38(26)41(52)47-34-22-37-46-35(24-57-37)29-13-14-36-31(21-29)32(23-44(4,5)25-56-43(54)33-12-10-18-51(48-33)42(34)53)40(50(36)20-19-49-16-7-8-17-49)30-11-9-15-45-39(30)28(3)55-6/h9,11,13-15,21,24,26-28,33-34,38,48H,7-8,10,12,16-20,22-23,25H2,1-6H3,(H,47,52)/t26-,27+,28-,33-,34-,38+/m0/s1. The monoisotopic (exact) mass is 795 g/mol. The third-order valence-electron chi connectivity index (χ3n) is 12.8. The van der Waals surface area contributed by atoms with Crippen LogP contribution in [-0.2, 0) is 43.2 Å². The minimum absolute atomic E-state index is 0.109. The van der Waals surface area contributed by atoms with E-state index in [1.165, 1.54) is 34.8 Å². The molecule has 1 saturated carbocycles. The van der Waals surface area contributed by atoms with Crippen LogP contribution in [0, 0.1) is 23.2 Å². The zero-order valence-corrected chi connectivity index (χ0v) is 35.0. The molecule has 6 bridgehead atoms. The Balaban J connectivity index is 1.25. The van der Waals surface area contributed by atoms with Gasteiger partial charge in [-0.05, 0) is 93.8 Å². The van der Waals surface area contributed by atoms with Gasteiger partial charge in [-0.15, -0.1) is 11.3 Å². The van der Waals surface area contributed by atoms with E-state index in [0.717, 1.165) is 70.3 Å². The summed E-state index contributed by atoms with van der Waals surface area (Å²) < 4.78 is 14.5. The number of thiazole rings is 1. The van der Waals surface area contributed by atoms with Gasteiger partial charge in [0, 0.05) is 78.1 Å². The van der Waals surface area contributed by atoms with Gasteiger partial charge in [-0.3, -0.25) is 24.4 Å². The lowest BCUT2D eigenvalue weighted by molar-refractivity contribution is -0.155. The number of methoxy groups -OCH3 is 1. The number of hydrazine groups is 1. The van der Waals surface area contributed by atoms with E-state index < -0.39 is 17.5 Å². The molecular formula is C44H57N7O5S. The number of aromatic nitrogens is 3. The number of hydrogen-bond donors (Lipinski definition) is 2. The van der Waals surface area contributed by atoms with Crippen molar-refractivity contribution in [2.45, 2.75) is 97.9 Å². The van der Waals surface area contributed by atoms with Gasteiger partial charge in [0.15, 0.2) is 0 Å². The van der Waals surface area contributed by atoms with E-state index >= 15 is 0 Å². The second kappa shape index (κ2) is 16.2. The molecule has 12 nitrogen and oxygen atoms in total. The molecule has 2 N–H and O–H groups in total. The van der Waals surface area contributed by atoms with Gasteiger partial charge >= 0.3 is 5.97 Å². The van der Waals surface area contributed by atoms with Gasteiger partial charge in [-0.25, -0.2) is 10.4 Å². The number of cyclic esters (lactones) is 1. The van der Waals surface area contributed by atoms with Crippen molar-refractivity contribution in [1.29, 1.82) is 0 Å². The summed E-state index contributed by atoms with van der Waals surface area (Å²) >= 11 is 1.50. The summed E-state index contributed by atoms with van der Waals surface area (Å²) in [6.45, 7) is 15.0. The average Bonchev–Trinajstić information content (AvgIpc) is 3.70. The fourth-order valence-electron chi connectivity index (χ4n) is 9.12. The lowest BCUT2D eigenvalue weighted by atomic mass is 9.84. The van der Waals surface area contributed by atoms with E-state index in [1.54, 1.807) is 7.11 Å². The fourth-order valence-corrected chi connectivity index (χ4v) is 9.97. The maximum Gasteiger partial charge on any atom is 0.324 e. The Morgan fingerprint density at radius 1 is 1.11 bits per heavy atom. The molecule has 13 heteroatoms. The van der Waals surface area contributed by atoms with Crippen LogP contribution in [0.4, 0.5) is 0 Å². The number of hydrogen-bond acceptors (Lipinski definition) is 10. The van der Waals surface area contributed by atoms with Crippen LogP contribution in [-0.4, -0.2) is 94.2 Å². The van der Waals surface area contributed by atoms with Crippen molar-refractivity contribution < 1.29 is 23.9 Å². The normalized spacial score (nSPS) is 25.9. The number of nitrogens with one attached hydrogen (secondary N) is 2. The third-order valence-corrected chi connectivity index (χ3v) is 13.7. The molecular weight excluding hydrogens is 739 g/mol. The van der Waals surface area contributed by atoms with Crippen molar-refractivity contribution in [3.8, 4) is 22.5 Å². The van der Waals surface area contributed by atoms with Crippen molar-refractivity contribution in [2.24, 2.45) is 23.2 Å². The van der Waals surface area contributed by atoms with Crippen LogP contribution in [0.5, 0.6) is 0 Å². The summed E-state index contributed by atoms with van der Waals surface area (Å²) in [5.74, 6) is -0.344. The quantitative estimate of drug-likeness (QED) is 0.201. The van der Waals surface area contributed by atoms with Crippen LogP contribution in [0.1, 0.15) is 82.7 Å². The molecule has 0 unspecified atom stereocenters. The Morgan fingerprint density at radius 3 is 2.65 bits per heavy atom. The molecule has 6 heterocycles. The molecule has 57 heavy (non-hydrogen) atoms. The first-order valence-electron chi connectivity index (χ1n) is 20.8. The van der Waals surface area contributed by atoms with Gasteiger partial charge in [0.1, 0.15) is 12.1 Å². The van der Waals surface area contributed by atoms with Gasteiger partial charge in [0.05, 0.1) is 34.8 Å². The minimum atomic E-state index is -0.832. The molecule has 6 atom stereocenters. The van der Waals surface area contributed by atoms with E-state index in [1.807, 2.05) is 19.2 Å². The average molecular weight is 796 g/mol. The summed E-state index contributed by atoms with van der Waals surface area (Å²) in [4.78, 5) is 53.9. The van der Waals surface area contributed by atoms with E-state index in [2.05, 4.69) is 77.6 Å².